The van der Waals surface area contributed by atoms with E-state index in [2.05, 4.69) is 15.7 Å². The van der Waals surface area contributed by atoms with E-state index in [0.29, 0.717) is 38.6 Å². The third kappa shape index (κ3) is 4.07. The Hall–Kier alpha value is -3.36. The summed E-state index contributed by atoms with van der Waals surface area (Å²) in [5.41, 5.74) is 2.80. The van der Waals surface area contributed by atoms with Gasteiger partial charge in [-0.2, -0.15) is 5.01 Å². The highest BCUT2D eigenvalue weighted by atomic mass is 35.5. The van der Waals surface area contributed by atoms with Crippen LogP contribution < -0.4 is 15.5 Å². The average molecular weight is 487 g/mol. The number of ether oxygens (including phenoxy) is 1. The van der Waals surface area contributed by atoms with Gasteiger partial charge in [0.15, 0.2) is 12.4 Å². The van der Waals surface area contributed by atoms with Gasteiger partial charge in [0.25, 0.3) is 11.8 Å². The lowest BCUT2D eigenvalue weighted by molar-refractivity contribution is -0.140. The van der Waals surface area contributed by atoms with Crippen molar-refractivity contribution in [3.63, 3.8) is 0 Å². The van der Waals surface area contributed by atoms with Crippen molar-refractivity contribution in [1.29, 1.82) is 0 Å². The first-order chi connectivity index (χ1) is 15.8. The number of halogens is 2. The van der Waals surface area contributed by atoms with Crippen LogP contribution in [0, 0.1) is 6.92 Å². The zero-order valence-electron chi connectivity index (χ0n) is 17.8. The largest absolute Gasteiger partial charge is 0.480 e. The van der Waals surface area contributed by atoms with Gasteiger partial charge in [0.2, 0.25) is 0 Å². The van der Waals surface area contributed by atoms with Crippen LogP contribution in [-0.2, 0) is 15.1 Å². The van der Waals surface area contributed by atoms with Crippen LogP contribution >= 0.6 is 23.2 Å². The van der Waals surface area contributed by atoms with Crippen LogP contribution in [0.2, 0.25) is 10.0 Å². The SMILES string of the molecule is CCC1(c2ccccc2)NC(=O)N(NC(=O)COc2c(Cl)cc(Cl)c3ccc(C)nc23)C1=O. The van der Waals surface area contributed by atoms with Crippen molar-refractivity contribution >= 4 is 52.0 Å². The van der Waals surface area contributed by atoms with E-state index in [4.69, 9.17) is 27.9 Å². The summed E-state index contributed by atoms with van der Waals surface area (Å²) in [5, 5.41) is 4.57. The van der Waals surface area contributed by atoms with Crippen molar-refractivity contribution in [2.45, 2.75) is 25.8 Å². The highest BCUT2D eigenvalue weighted by molar-refractivity contribution is 6.39. The predicted molar refractivity (Wildman–Crippen MR) is 124 cm³/mol. The molecule has 4 amide bonds. The highest BCUT2D eigenvalue weighted by Gasteiger charge is 2.52. The molecule has 3 aromatic rings. The maximum atomic E-state index is 13.1. The molecule has 2 N–H and O–H groups in total. The van der Waals surface area contributed by atoms with Crippen LogP contribution in [0.3, 0.4) is 0 Å². The molecule has 1 saturated heterocycles. The highest BCUT2D eigenvalue weighted by Crippen LogP contribution is 2.37. The number of hydrogen-bond acceptors (Lipinski definition) is 5. The van der Waals surface area contributed by atoms with Gasteiger partial charge in [0.1, 0.15) is 11.1 Å². The quantitative estimate of drug-likeness (QED) is 0.510. The van der Waals surface area contributed by atoms with E-state index < -0.39 is 30.0 Å². The topological polar surface area (TPSA) is 101 Å². The lowest BCUT2D eigenvalue weighted by Crippen LogP contribution is -2.49. The second-order valence-electron chi connectivity index (χ2n) is 7.54. The summed E-state index contributed by atoms with van der Waals surface area (Å²) in [6, 6.07) is 13.2. The normalized spacial score (nSPS) is 17.9. The number of hydrazine groups is 1. The van der Waals surface area contributed by atoms with Gasteiger partial charge in [-0.3, -0.25) is 15.0 Å². The number of aromatic nitrogens is 1. The number of benzene rings is 2. The Morgan fingerprint density at radius 2 is 1.88 bits per heavy atom. The number of urea groups is 1. The molecule has 0 spiro atoms. The van der Waals surface area contributed by atoms with Crippen LogP contribution in [0.5, 0.6) is 5.75 Å². The number of nitrogens with zero attached hydrogens (tertiary/aromatic N) is 2. The molecule has 1 aliphatic rings. The van der Waals surface area contributed by atoms with Crippen molar-refractivity contribution in [2.24, 2.45) is 0 Å². The number of carbonyl (C=O) groups excluding carboxylic acids is 3. The summed E-state index contributed by atoms with van der Waals surface area (Å²) >= 11 is 12.5. The molecule has 2 heterocycles. The number of aryl methyl sites for hydroxylation is 1. The summed E-state index contributed by atoms with van der Waals surface area (Å²) in [5.74, 6) is -1.12. The maximum Gasteiger partial charge on any atom is 0.344 e. The van der Waals surface area contributed by atoms with E-state index >= 15 is 0 Å². The zero-order valence-corrected chi connectivity index (χ0v) is 19.3. The first-order valence-electron chi connectivity index (χ1n) is 10.2. The van der Waals surface area contributed by atoms with Gasteiger partial charge >= 0.3 is 6.03 Å². The molecule has 1 atom stereocenters. The third-order valence-electron chi connectivity index (χ3n) is 5.45. The fourth-order valence-corrected chi connectivity index (χ4v) is 4.33. The molecule has 1 aromatic heterocycles. The number of hydrogen-bond donors (Lipinski definition) is 2. The Morgan fingerprint density at radius 3 is 2.58 bits per heavy atom. The van der Waals surface area contributed by atoms with Crippen LogP contribution in [0.1, 0.15) is 24.6 Å². The minimum Gasteiger partial charge on any atom is -0.480 e. The van der Waals surface area contributed by atoms with E-state index in [9.17, 15) is 14.4 Å². The first kappa shape index (κ1) is 22.8. The second kappa shape index (κ2) is 8.88. The Morgan fingerprint density at radius 1 is 1.15 bits per heavy atom. The molecule has 1 fully saturated rings. The minimum absolute atomic E-state index is 0.180. The Bertz CT molecular complexity index is 1270. The molecular weight excluding hydrogens is 467 g/mol. The monoisotopic (exact) mass is 486 g/mol. The van der Waals surface area contributed by atoms with Crippen molar-refractivity contribution in [2.75, 3.05) is 6.61 Å². The van der Waals surface area contributed by atoms with Gasteiger partial charge in [-0.15, -0.1) is 0 Å². The number of amides is 4. The second-order valence-corrected chi connectivity index (χ2v) is 8.35. The molecular formula is C23H20Cl2N4O4. The number of carbonyl (C=O) groups is 3. The number of fused-ring (bicyclic) bond motifs is 1. The summed E-state index contributed by atoms with van der Waals surface area (Å²) in [6.45, 7) is 3.07. The van der Waals surface area contributed by atoms with Crippen LogP contribution in [0.15, 0.2) is 48.5 Å². The van der Waals surface area contributed by atoms with Gasteiger partial charge < -0.3 is 10.1 Å². The van der Waals surface area contributed by atoms with E-state index in [1.165, 1.54) is 6.07 Å². The van der Waals surface area contributed by atoms with Crippen molar-refractivity contribution in [3.05, 3.63) is 69.8 Å². The molecule has 0 saturated carbocycles. The van der Waals surface area contributed by atoms with Crippen molar-refractivity contribution in [1.82, 2.24) is 20.7 Å². The summed E-state index contributed by atoms with van der Waals surface area (Å²) < 4.78 is 5.63. The number of nitrogens with one attached hydrogen (secondary N) is 2. The zero-order chi connectivity index (χ0) is 23.8. The van der Waals surface area contributed by atoms with E-state index in [1.54, 1.807) is 50.2 Å². The van der Waals surface area contributed by atoms with Crippen molar-refractivity contribution < 1.29 is 19.1 Å². The van der Waals surface area contributed by atoms with Gasteiger partial charge in [0, 0.05) is 11.1 Å². The number of imide groups is 1. The molecule has 10 heteroatoms. The van der Waals surface area contributed by atoms with Crippen LogP contribution in [0.25, 0.3) is 10.9 Å². The van der Waals surface area contributed by atoms with Gasteiger partial charge in [0.05, 0.1) is 10.0 Å². The summed E-state index contributed by atoms with van der Waals surface area (Å²) in [4.78, 5) is 42.7. The average Bonchev–Trinajstić information content (AvgIpc) is 3.04. The Balaban J connectivity index is 1.52. The molecule has 1 aliphatic heterocycles. The fraction of sp³-hybridized carbons (Fsp3) is 0.217. The lowest BCUT2D eigenvalue weighted by Gasteiger charge is -2.25. The predicted octanol–water partition coefficient (Wildman–Crippen LogP) is 4.12. The minimum atomic E-state index is -1.26. The van der Waals surface area contributed by atoms with Crippen molar-refractivity contribution in [3.8, 4) is 5.75 Å². The van der Waals surface area contributed by atoms with E-state index in [0.717, 1.165) is 0 Å². The molecule has 0 aliphatic carbocycles. The van der Waals surface area contributed by atoms with Gasteiger partial charge in [-0.25, -0.2) is 9.78 Å². The number of rotatable bonds is 6. The van der Waals surface area contributed by atoms with Crippen LogP contribution in [-0.4, -0.2) is 34.4 Å². The molecule has 33 heavy (non-hydrogen) atoms. The summed E-state index contributed by atoms with van der Waals surface area (Å²) in [7, 11) is 0. The molecule has 2 aromatic carbocycles. The molecule has 4 rings (SSSR count). The Kier molecular flexibility index (Phi) is 6.14. The first-order valence-corrected chi connectivity index (χ1v) is 10.9. The fourth-order valence-electron chi connectivity index (χ4n) is 3.76. The molecule has 1 unspecified atom stereocenters. The van der Waals surface area contributed by atoms with E-state index in [-0.39, 0.29) is 10.8 Å². The molecule has 0 bridgehead atoms. The van der Waals surface area contributed by atoms with Gasteiger partial charge in [-0.05, 0) is 37.1 Å². The molecule has 0 radical (unpaired) electrons. The number of pyridine rings is 1. The Labute approximate surface area is 199 Å². The smallest absolute Gasteiger partial charge is 0.344 e. The van der Waals surface area contributed by atoms with Gasteiger partial charge in [-0.1, -0.05) is 60.5 Å². The van der Waals surface area contributed by atoms with E-state index in [1.807, 2.05) is 6.07 Å². The standard InChI is InChI=1S/C23H20Cl2N4O4/c1-3-23(14-7-5-4-6-8-14)21(31)29(22(32)27-23)28-18(30)12-33-20-17(25)11-16(24)15-10-9-13(2)26-19(15)20/h4-11H,3,12H2,1-2H3,(H,27,32)(H,28,30). The molecule has 8 nitrogen and oxygen atoms in total. The third-order valence-corrected chi connectivity index (χ3v) is 6.04. The summed E-state index contributed by atoms with van der Waals surface area (Å²) in [6.07, 6.45) is 0.307. The maximum absolute atomic E-state index is 13.1. The lowest BCUT2D eigenvalue weighted by atomic mass is 9.87. The van der Waals surface area contributed by atoms with Crippen LogP contribution in [0.4, 0.5) is 4.79 Å². The molecule has 170 valence electrons.